The minimum Gasteiger partial charge on any atom is -0.444 e. The Kier molecular flexibility index (Phi) is 4.85. The number of hydrogen-bond acceptors (Lipinski definition) is 5. The molecule has 7 nitrogen and oxygen atoms in total. The Hall–Kier alpha value is -1.89. The molecule has 0 radical (unpaired) electrons. The smallest absolute Gasteiger partial charge is 0.410 e. The highest BCUT2D eigenvalue weighted by molar-refractivity contribution is 6.28. The molecule has 2 amide bonds. The van der Waals surface area contributed by atoms with Crippen LogP contribution < -0.4 is 5.32 Å². The molecule has 1 aliphatic heterocycles. The molecule has 1 aliphatic rings. The Morgan fingerprint density at radius 3 is 2.59 bits per heavy atom. The number of carbonyl (C=O) groups excluding carboxylic acids is 2. The van der Waals surface area contributed by atoms with Crippen LogP contribution in [-0.4, -0.2) is 51.6 Å². The number of amides is 2. The van der Waals surface area contributed by atoms with Crippen LogP contribution >= 0.6 is 11.6 Å². The van der Waals surface area contributed by atoms with E-state index >= 15 is 0 Å². The van der Waals surface area contributed by atoms with Crippen LogP contribution in [0.3, 0.4) is 0 Å². The number of nitrogens with zero attached hydrogens (tertiary/aromatic N) is 3. The number of rotatable bonds is 2. The predicted octanol–water partition coefficient (Wildman–Crippen LogP) is 1.87. The van der Waals surface area contributed by atoms with Crippen molar-refractivity contribution in [2.24, 2.45) is 0 Å². The van der Waals surface area contributed by atoms with Crippen LogP contribution in [0, 0.1) is 0 Å². The first-order valence-electron chi connectivity index (χ1n) is 7.01. The SMILES string of the molecule is CC(C)(C)OC(=O)N1CCC(NC(=O)c2cnc(Cl)nc2)C1. The predicted molar refractivity (Wildman–Crippen MR) is 80.7 cm³/mol. The Morgan fingerprint density at radius 2 is 2.00 bits per heavy atom. The van der Waals surface area contributed by atoms with E-state index in [0.717, 1.165) is 0 Å². The summed E-state index contributed by atoms with van der Waals surface area (Å²) in [5.74, 6) is -0.285. The Labute approximate surface area is 134 Å². The number of halogens is 1. The van der Waals surface area contributed by atoms with E-state index < -0.39 is 5.60 Å². The largest absolute Gasteiger partial charge is 0.444 e. The van der Waals surface area contributed by atoms with Gasteiger partial charge in [-0.3, -0.25) is 4.79 Å². The number of ether oxygens (including phenoxy) is 1. The summed E-state index contributed by atoms with van der Waals surface area (Å²) in [5, 5.41) is 2.94. The van der Waals surface area contributed by atoms with E-state index in [9.17, 15) is 9.59 Å². The van der Waals surface area contributed by atoms with Gasteiger partial charge in [-0.2, -0.15) is 0 Å². The van der Waals surface area contributed by atoms with Crippen molar-refractivity contribution >= 4 is 23.6 Å². The summed E-state index contributed by atoms with van der Waals surface area (Å²) >= 11 is 5.58. The zero-order chi connectivity index (χ0) is 16.3. The van der Waals surface area contributed by atoms with Crippen LogP contribution in [0.25, 0.3) is 0 Å². The molecule has 0 spiro atoms. The third-order valence-electron chi connectivity index (χ3n) is 3.06. The van der Waals surface area contributed by atoms with E-state index in [1.807, 2.05) is 20.8 Å². The van der Waals surface area contributed by atoms with Gasteiger partial charge in [-0.15, -0.1) is 0 Å². The topological polar surface area (TPSA) is 84.4 Å². The summed E-state index contributed by atoms with van der Waals surface area (Å²) in [6, 6.07) is -0.115. The van der Waals surface area contributed by atoms with Gasteiger partial charge in [-0.1, -0.05) is 0 Å². The maximum absolute atomic E-state index is 12.0. The molecule has 2 rings (SSSR count). The third-order valence-corrected chi connectivity index (χ3v) is 3.25. The summed E-state index contributed by atoms with van der Waals surface area (Å²) in [7, 11) is 0. The lowest BCUT2D eigenvalue weighted by molar-refractivity contribution is 0.0290. The van der Waals surface area contributed by atoms with Gasteiger partial charge in [0.05, 0.1) is 5.56 Å². The van der Waals surface area contributed by atoms with Crippen LogP contribution in [0.5, 0.6) is 0 Å². The van der Waals surface area contributed by atoms with Crippen molar-refractivity contribution in [3.05, 3.63) is 23.2 Å². The Morgan fingerprint density at radius 1 is 1.36 bits per heavy atom. The number of carbonyl (C=O) groups is 2. The van der Waals surface area contributed by atoms with E-state index in [2.05, 4.69) is 15.3 Å². The standard InChI is InChI=1S/C14H19ClN4O3/c1-14(2,3)22-13(21)19-5-4-10(8-19)18-11(20)9-6-16-12(15)17-7-9/h6-7,10H,4-5,8H2,1-3H3,(H,18,20). The van der Waals surface area contributed by atoms with Crippen LogP contribution in [-0.2, 0) is 4.74 Å². The first-order valence-corrected chi connectivity index (χ1v) is 7.39. The summed E-state index contributed by atoms with van der Waals surface area (Å²) in [5.41, 5.74) is -0.195. The number of likely N-dealkylation sites (tertiary alicyclic amines) is 1. The monoisotopic (exact) mass is 326 g/mol. The third kappa shape index (κ3) is 4.56. The summed E-state index contributed by atoms with van der Waals surface area (Å²) < 4.78 is 5.31. The average molecular weight is 327 g/mol. The van der Waals surface area contributed by atoms with Crippen LogP contribution in [0.4, 0.5) is 4.79 Å². The summed E-state index contributed by atoms with van der Waals surface area (Å²) in [4.78, 5) is 33.1. The highest BCUT2D eigenvalue weighted by Crippen LogP contribution is 2.15. The fourth-order valence-electron chi connectivity index (χ4n) is 2.07. The Bertz CT molecular complexity index is 556. The van der Waals surface area contributed by atoms with Gasteiger partial charge in [0.1, 0.15) is 5.60 Å². The maximum atomic E-state index is 12.0. The molecule has 1 saturated heterocycles. The van der Waals surface area contributed by atoms with Crippen molar-refractivity contribution in [1.29, 1.82) is 0 Å². The van der Waals surface area contributed by atoms with Crippen molar-refractivity contribution in [2.75, 3.05) is 13.1 Å². The number of aromatic nitrogens is 2. The molecule has 0 aliphatic carbocycles. The van der Waals surface area contributed by atoms with Crippen molar-refractivity contribution in [2.45, 2.75) is 38.8 Å². The van der Waals surface area contributed by atoms with Gasteiger partial charge in [0.25, 0.3) is 5.91 Å². The molecule has 0 aromatic carbocycles. The fourth-order valence-corrected chi connectivity index (χ4v) is 2.17. The fraction of sp³-hybridized carbons (Fsp3) is 0.571. The van der Waals surface area contributed by atoms with E-state index in [1.54, 1.807) is 4.90 Å². The van der Waals surface area contributed by atoms with Gasteiger partial charge < -0.3 is 15.0 Å². The minimum atomic E-state index is -0.529. The molecule has 2 heterocycles. The lowest BCUT2D eigenvalue weighted by Crippen LogP contribution is -2.40. The van der Waals surface area contributed by atoms with Crippen molar-refractivity contribution in [3.8, 4) is 0 Å². The molecule has 1 fully saturated rings. The molecule has 1 N–H and O–H groups in total. The summed E-state index contributed by atoms with van der Waals surface area (Å²) in [6.45, 7) is 6.44. The molecule has 1 unspecified atom stereocenters. The quantitative estimate of drug-likeness (QED) is 0.839. The van der Waals surface area contributed by atoms with E-state index in [-0.39, 0.29) is 23.3 Å². The Balaban J connectivity index is 1.87. The molecular weight excluding hydrogens is 308 g/mol. The lowest BCUT2D eigenvalue weighted by atomic mass is 10.2. The second-order valence-electron chi connectivity index (χ2n) is 6.13. The van der Waals surface area contributed by atoms with Crippen LogP contribution in [0.15, 0.2) is 12.4 Å². The van der Waals surface area contributed by atoms with Gasteiger partial charge in [0, 0.05) is 31.5 Å². The van der Waals surface area contributed by atoms with Crippen molar-refractivity contribution in [1.82, 2.24) is 20.2 Å². The van der Waals surface area contributed by atoms with Gasteiger partial charge in [0.2, 0.25) is 5.28 Å². The number of hydrogen-bond donors (Lipinski definition) is 1. The molecule has 120 valence electrons. The molecule has 22 heavy (non-hydrogen) atoms. The van der Waals surface area contributed by atoms with Gasteiger partial charge >= 0.3 is 6.09 Å². The van der Waals surface area contributed by atoms with Gasteiger partial charge in [0.15, 0.2) is 0 Å². The first-order chi connectivity index (χ1) is 10.2. The van der Waals surface area contributed by atoms with E-state index in [0.29, 0.717) is 25.1 Å². The molecule has 0 bridgehead atoms. The minimum absolute atomic E-state index is 0.0912. The van der Waals surface area contributed by atoms with E-state index in [4.69, 9.17) is 16.3 Å². The van der Waals surface area contributed by atoms with E-state index in [1.165, 1.54) is 12.4 Å². The molecule has 1 aromatic heterocycles. The summed E-state index contributed by atoms with van der Waals surface area (Å²) in [6.07, 6.45) is 3.05. The lowest BCUT2D eigenvalue weighted by Gasteiger charge is -2.24. The van der Waals surface area contributed by atoms with Crippen molar-refractivity contribution < 1.29 is 14.3 Å². The normalized spacial score (nSPS) is 18.2. The van der Waals surface area contributed by atoms with Gasteiger partial charge in [-0.05, 0) is 38.8 Å². The second kappa shape index (κ2) is 6.48. The average Bonchev–Trinajstić information content (AvgIpc) is 2.86. The van der Waals surface area contributed by atoms with Crippen molar-refractivity contribution in [3.63, 3.8) is 0 Å². The molecule has 8 heteroatoms. The highest BCUT2D eigenvalue weighted by atomic mass is 35.5. The highest BCUT2D eigenvalue weighted by Gasteiger charge is 2.30. The molecule has 0 saturated carbocycles. The van der Waals surface area contributed by atoms with Crippen LogP contribution in [0.1, 0.15) is 37.6 Å². The zero-order valence-electron chi connectivity index (χ0n) is 12.8. The van der Waals surface area contributed by atoms with Gasteiger partial charge in [-0.25, -0.2) is 14.8 Å². The second-order valence-corrected chi connectivity index (χ2v) is 6.46. The molecular formula is C14H19ClN4O3. The molecule has 1 aromatic rings. The first kappa shape index (κ1) is 16.5. The molecule has 1 atom stereocenters. The van der Waals surface area contributed by atoms with Crippen LogP contribution in [0.2, 0.25) is 5.28 Å². The number of nitrogens with one attached hydrogen (secondary N) is 1. The zero-order valence-corrected chi connectivity index (χ0v) is 13.6. The maximum Gasteiger partial charge on any atom is 0.410 e.